The number of nitrogens with zero attached hydrogens (tertiary/aromatic N) is 4. The molecule has 0 aromatic carbocycles. The van der Waals surface area contributed by atoms with Gasteiger partial charge in [-0.3, -0.25) is 4.79 Å². The highest BCUT2D eigenvalue weighted by atomic mass is 35.5. The largest absolute Gasteiger partial charge is 0.481 e. The Hall–Kier alpha value is -2.42. The van der Waals surface area contributed by atoms with Crippen LogP contribution in [0.3, 0.4) is 0 Å². The number of carbonyl (C=O) groups is 1. The van der Waals surface area contributed by atoms with E-state index in [-0.39, 0.29) is 30.7 Å². The van der Waals surface area contributed by atoms with Crippen LogP contribution in [0, 0.1) is 11.8 Å². The normalized spacial score (nSPS) is 17.5. The predicted octanol–water partition coefficient (Wildman–Crippen LogP) is 5.51. The highest BCUT2D eigenvalue weighted by Gasteiger charge is 2.27. The zero-order valence-corrected chi connectivity index (χ0v) is 20.1. The lowest BCUT2D eigenvalue weighted by atomic mass is 9.82. The van der Waals surface area contributed by atoms with Gasteiger partial charge in [-0.2, -0.15) is 0 Å². The first-order valence-electron chi connectivity index (χ1n) is 10.1. The summed E-state index contributed by atoms with van der Waals surface area (Å²) >= 11 is 1.62. The molecule has 0 aliphatic heterocycles. The first-order chi connectivity index (χ1) is 14.6. The van der Waals surface area contributed by atoms with Crippen molar-refractivity contribution < 1.29 is 9.90 Å². The van der Waals surface area contributed by atoms with Crippen molar-refractivity contribution in [3.63, 3.8) is 0 Å². The minimum absolute atomic E-state index is 0. The van der Waals surface area contributed by atoms with Crippen molar-refractivity contribution in [1.82, 2.24) is 15.0 Å². The zero-order valence-electron chi connectivity index (χ0n) is 17.7. The van der Waals surface area contributed by atoms with Crippen molar-refractivity contribution in [2.24, 2.45) is 11.8 Å². The summed E-state index contributed by atoms with van der Waals surface area (Å²) in [6.07, 6.45) is 7.08. The quantitative estimate of drug-likeness (QED) is 0.445. The molecule has 3 aromatic heterocycles. The smallest absolute Gasteiger partial charge is 0.306 e. The monoisotopic (exact) mass is 495 g/mol. The van der Waals surface area contributed by atoms with Gasteiger partial charge < -0.3 is 15.3 Å². The number of anilines is 3. The van der Waals surface area contributed by atoms with Gasteiger partial charge in [0.15, 0.2) is 5.13 Å². The maximum Gasteiger partial charge on any atom is 0.306 e. The van der Waals surface area contributed by atoms with Gasteiger partial charge in [0.1, 0.15) is 11.6 Å². The number of nitrogens with one attached hydrogen (secondary N) is 1. The second-order valence-corrected chi connectivity index (χ2v) is 8.70. The maximum atomic E-state index is 11.1. The molecule has 1 aliphatic carbocycles. The van der Waals surface area contributed by atoms with E-state index in [0.29, 0.717) is 5.92 Å². The lowest BCUT2D eigenvalue weighted by Gasteiger charge is -2.29. The summed E-state index contributed by atoms with van der Waals surface area (Å²) < 4.78 is 0. The molecule has 1 saturated carbocycles. The fraction of sp³-hybridized carbons (Fsp3) is 0.364. The molecule has 7 nitrogen and oxygen atoms in total. The third kappa shape index (κ3) is 6.54. The average Bonchev–Trinajstić information content (AvgIpc) is 3.26. The van der Waals surface area contributed by atoms with Crippen molar-refractivity contribution in [3.05, 3.63) is 48.8 Å². The van der Waals surface area contributed by atoms with Crippen LogP contribution in [0.1, 0.15) is 25.7 Å². The number of aliphatic carboxylic acids is 1. The van der Waals surface area contributed by atoms with E-state index in [0.717, 1.165) is 59.6 Å². The fourth-order valence-electron chi connectivity index (χ4n) is 3.83. The molecule has 3 heterocycles. The van der Waals surface area contributed by atoms with Crippen molar-refractivity contribution in [2.45, 2.75) is 25.7 Å². The Labute approximate surface area is 204 Å². The minimum atomic E-state index is -0.654. The van der Waals surface area contributed by atoms with E-state index in [2.05, 4.69) is 27.2 Å². The van der Waals surface area contributed by atoms with Crippen LogP contribution >= 0.6 is 36.2 Å². The van der Waals surface area contributed by atoms with Gasteiger partial charge in [0.05, 0.1) is 16.5 Å². The van der Waals surface area contributed by atoms with E-state index in [1.807, 2.05) is 42.6 Å². The van der Waals surface area contributed by atoms with Crippen LogP contribution in [0.25, 0.3) is 10.6 Å². The van der Waals surface area contributed by atoms with E-state index in [1.54, 1.807) is 17.5 Å². The van der Waals surface area contributed by atoms with Crippen molar-refractivity contribution >= 4 is 58.9 Å². The Morgan fingerprint density at radius 1 is 1.09 bits per heavy atom. The summed E-state index contributed by atoms with van der Waals surface area (Å²) in [5.41, 5.74) is 0.870. The number of pyridine rings is 2. The highest BCUT2D eigenvalue weighted by Crippen LogP contribution is 2.33. The number of carboxylic acid groups (broad SMARTS) is 1. The summed E-state index contributed by atoms with van der Waals surface area (Å²) in [7, 11) is 2.05. The van der Waals surface area contributed by atoms with E-state index in [4.69, 9.17) is 10.1 Å². The number of halogens is 2. The Morgan fingerprint density at radius 2 is 1.84 bits per heavy atom. The second-order valence-electron chi connectivity index (χ2n) is 7.69. The number of thiazole rings is 1. The van der Waals surface area contributed by atoms with E-state index in [1.165, 1.54) is 0 Å². The number of rotatable bonds is 7. The molecule has 10 heteroatoms. The Bertz CT molecular complexity index is 997. The van der Waals surface area contributed by atoms with Gasteiger partial charge in [0.2, 0.25) is 0 Å². The molecule has 0 bridgehead atoms. The van der Waals surface area contributed by atoms with Gasteiger partial charge >= 0.3 is 5.97 Å². The molecular formula is C22H27Cl2N5O2S. The van der Waals surface area contributed by atoms with Crippen LogP contribution in [-0.4, -0.2) is 39.6 Å². The summed E-state index contributed by atoms with van der Waals surface area (Å²) in [6.45, 7) is 0.897. The summed E-state index contributed by atoms with van der Waals surface area (Å²) in [5, 5.41) is 13.3. The number of hydrogen-bond acceptors (Lipinski definition) is 7. The summed E-state index contributed by atoms with van der Waals surface area (Å²) in [5.74, 6) is 1.19. The highest BCUT2D eigenvalue weighted by molar-refractivity contribution is 7.18. The van der Waals surface area contributed by atoms with Crippen molar-refractivity contribution in [1.29, 1.82) is 0 Å². The predicted molar refractivity (Wildman–Crippen MR) is 134 cm³/mol. The Balaban J connectivity index is 0.00000181. The SMILES string of the molecule is CN(CC1CCC(C(=O)O)CC1)c1ncc(-c2cccc(Nc3ccccn3)n2)s1.Cl.Cl. The average molecular weight is 496 g/mol. The van der Waals surface area contributed by atoms with Crippen LogP contribution < -0.4 is 10.2 Å². The molecule has 32 heavy (non-hydrogen) atoms. The third-order valence-corrected chi connectivity index (χ3v) is 6.60. The van der Waals surface area contributed by atoms with Crippen LogP contribution in [0.15, 0.2) is 48.8 Å². The van der Waals surface area contributed by atoms with E-state index >= 15 is 0 Å². The standard InChI is InChI=1S/C22H25N5O2S.2ClH/c1-27(14-15-8-10-16(11-9-15)21(28)29)22-24-13-18(30-22)17-5-4-7-20(25-17)26-19-6-2-3-12-23-19;;/h2-7,12-13,15-16H,8-11,14H2,1H3,(H,28,29)(H,23,25,26);2*1H. The lowest BCUT2D eigenvalue weighted by molar-refractivity contribution is -0.143. The topological polar surface area (TPSA) is 91.2 Å². The lowest BCUT2D eigenvalue weighted by Crippen LogP contribution is -2.30. The molecule has 0 unspecified atom stereocenters. The number of carboxylic acids is 1. The Morgan fingerprint density at radius 3 is 2.53 bits per heavy atom. The van der Waals surface area contributed by atoms with E-state index < -0.39 is 5.97 Å². The van der Waals surface area contributed by atoms with Gasteiger partial charge in [0, 0.05) is 26.0 Å². The molecular weight excluding hydrogens is 469 g/mol. The van der Waals surface area contributed by atoms with Crippen LogP contribution in [0.4, 0.5) is 16.8 Å². The summed E-state index contributed by atoms with van der Waals surface area (Å²) in [6, 6.07) is 11.6. The minimum Gasteiger partial charge on any atom is -0.481 e. The number of hydrogen-bond donors (Lipinski definition) is 2. The van der Waals surface area contributed by atoms with Crippen LogP contribution in [0.5, 0.6) is 0 Å². The third-order valence-electron chi connectivity index (χ3n) is 5.47. The first-order valence-corrected chi connectivity index (χ1v) is 11.0. The fourth-order valence-corrected chi connectivity index (χ4v) is 4.68. The molecule has 172 valence electrons. The zero-order chi connectivity index (χ0) is 20.9. The first kappa shape index (κ1) is 25.8. The van der Waals surface area contributed by atoms with Crippen LogP contribution in [0.2, 0.25) is 0 Å². The second kappa shape index (κ2) is 12.0. The number of aromatic nitrogens is 3. The molecule has 4 rings (SSSR count). The van der Waals surface area contributed by atoms with Crippen molar-refractivity contribution in [3.8, 4) is 10.6 Å². The molecule has 0 spiro atoms. The molecule has 3 aromatic rings. The van der Waals surface area contributed by atoms with Gasteiger partial charge in [0.25, 0.3) is 0 Å². The molecule has 1 aliphatic rings. The van der Waals surface area contributed by atoms with Crippen LogP contribution in [-0.2, 0) is 4.79 Å². The van der Waals surface area contributed by atoms with Gasteiger partial charge in [-0.05, 0) is 55.9 Å². The molecule has 0 atom stereocenters. The van der Waals surface area contributed by atoms with Gasteiger partial charge in [-0.15, -0.1) is 24.8 Å². The van der Waals surface area contributed by atoms with Crippen molar-refractivity contribution in [2.75, 3.05) is 23.8 Å². The maximum absolute atomic E-state index is 11.1. The molecule has 0 saturated heterocycles. The summed E-state index contributed by atoms with van der Waals surface area (Å²) in [4.78, 5) is 27.9. The molecule has 2 N–H and O–H groups in total. The molecule has 1 fully saturated rings. The molecule has 0 amide bonds. The molecule has 0 radical (unpaired) electrons. The Kier molecular flexibility index (Phi) is 9.68. The van der Waals surface area contributed by atoms with Gasteiger partial charge in [-0.1, -0.05) is 23.5 Å². The van der Waals surface area contributed by atoms with E-state index in [9.17, 15) is 4.79 Å². The van der Waals surface area contributed by atoms with Gasteiger partial charge in [-0.25, -0.2) is 15.0 Å².